The molecule has 1 saturated heterocycles. The van der Waals surface area contributed by atoms with Gasteiger partial charge in [-0.25, -0.2) is 0 Å². The van der Waals surface area contributed by atoms with Gasteiger partial charge >= 0.3 is 0 Å². The van der Waals surface area contributed by atoms with Gasteiger partial charge in [0.25, 0.3) is 0 Å². The van der Waals surface area contributed by atoms with E-state index >= 15 is 0 Å². The normalized spacial score (nSPS) is 21.4. The number of nitrogens with one attached hydrogen (secondary N) is 2. The minimum absolute atomic E-state index is 0.204. The Labute approximate surface area is 112 Å². The van der Waals surface area contributed by atoms with Crippen molar-refractivity contribution in [1.29, 1.82) is 0 Å². The lowest BCUT2D eigenvalue weighted by atomic mass is 9.79. The standard InChI is InChI=1S/C15H30N2O/c1-12(14(2,3)4)10-13(18)17-11-15(5)6-8-16-9-7-15/h12,16H,6-11H2,1-5H3,(H,17,18). The summed E-state index contributed by atoms with van der Waals surface area (Å²) in [6, 6.07) is 0. The molecule has 1 aliphatic heterocycles. The van der Waals surface area contributed by atoms with E-state index in [2.05, 4.69) is 45.3 Å². The van der Waals surface area contributed by atoms with E-state index < -0.39 is 0 Å². The Bertz CT molecular complexity index is 275. The lowest BCUT2D eigenvalue weighted by molar-refractivity contribution is -0.123. The van der Waals surface area contributed by atoms with Gasteiger partial charge in [-0.2, -0.15) is 0 Å². The lowest BCUT2D eigenvalue weighted by Crippen LogP contribution is -2.43. The van der Waals surface area contributed by atoms with E-state index in [-0.39, 0.29) is 16.7 Å². The maximum atomic E-state index is 12.0. The van der Waals surface area contributed by atoms with Gasteiger partial charge in [-0.1, -0.05) is 34.6 Å². The van der Waals surface area contributed by atoms with Crippen molar-refractivity contribution in [2.24, 2.45) is 16.7 Å². The van der Waals surface area contributed by atoms with Gasteiger partial charge in [0.1, 0.15) is 0 Å². The smallest absolute Gasteiger partial charge is 0.220 e. The molecular weight excluding hydrogens is 224 g/mol. The van der Waals surface area contributed by atoms with Crippen molar-refractivity contribution >= 4 is 5.91 Å². The van der Waals surface area contributed by atoms with E-state index in [0.29, 0.717) is 12.3 Å². The van der Waals surface area contributed by atoms with E-state index in [1.165, 1.54) is 0 Å². The molecule has 0 spiro atoms. The summed E-state index contributed by atoms with van der Waals surface area (Å²) in [6.07, 6.45) is 2.95. The molecule has 3 heteroatoms. The van der Waals surface area contributed by atoms with Crippen LogP contribution in [0.25, 0.3) is 0 Å². The van der Waals surface area contributed by atoms with Crippen LogP contribution in [0.2, 0.25) is 0 Å². The molecule has 0 bridgehead atoms. The zero-order valence-corrected chi connectivity index (χ0v) is 12.7. The van der Waals surface area contributed by atoms with Crippen LogP contribution in [-0.4, -0.2) is 25.5 Å². The van der Waals surface area contributed by atoms with Crippen LogP contribution in [0.3, 0.4) is 0 Å². The largest absolute Gasteiger partial charge is 0.356 e. The number of amides is 1. The topological polar surface area (TPSA) is 41.1 Å². The highest BCUT2D eigenvalue weighted by atomic mass is 16.1. The van der Waals surface area contributed by atoms with Gasteiger partial charge in [0, 0.05) is 13.0 Å². The van der Waals surface area contributed by atoms with E-state index in [9.17, 15) is 4.79 Å². The van der Waals surface area contributed by atoms with Gasteiger partial charge in [0.2, 0.25) is 5.91 Å². The Balaban J connectivity index is 2.32. The van der Waals surface area contributed by atoms with E-state index in [0.717, 1.165) is 32.5 Å². The molecule has 0 aliphatic carbocycles. The van der Waals surface area contributed by atoms with Crippen molar-refractivity contribution in [3.05, 3.63) is 0 Å². The molecule has 1 rings (SSSR count). The quantitative estimate of drug-likeness (QED) is 0.809. The molecule has 0 aromatic heterocycles. The first kappa shape index (κ1) is 15.5. The SMILES string of the molecule is CC(CC(=O)NCC1(C)CCNCC1)C(C)(C)C. The minimum atomic E-state index is 0.204. The van der Waals surface area contributed by atoms with Crippen molar-refractivity contribution in [3.63, 3.8) is 0 Å². The molecule has 1 aliphatic rings. The van der Waals surface area contributed by atoms with Gasteiger partial charge in [0.15, 0.2) is 0 Å². The summed E-state index contributed by atoms with van der Waals surface area (Å²) in [5, 5.41) is 6.50. The summed E-state index contributed by atoms with van der Waals surface area (Å²) >= 11 is 0. The van der Waals surface area contributed by atoms with Crippen molar-refractivity contribution < 1.29 is 4.79 Å². The maximum Gasteiger partial charge on any atom is 0.220 e. The Morgan fingerprint density at radius 3 is 2.39 bits per heavy atom. The molecule has 1 amide bonds. The minimum Gasteiger partial charge on any atom is -0.356 e. The number of hydrogen-bond donors (Lipinski definition) is 2. The highest BCUT2D eigenvalue weighted by Gasteiger charge is 2.28. The number of carbonyl (C=O) groups is 1. The Hall–Kier alpha value is -0.570. The second-order valence-electron chi connectivity index (χ2n) is 7.31. The number of carbonyl (C=O) groups excluding carboxylic acids is 1. The number of rotatable bonds is 4. The summed E-state index contributed by atoms with van der Waals surface area (Å²) in [6.45, 7) is 14.0. The molecule has 18 heavy (non-hydrogen) atoms. The maximum absolute atomic E-state index is 12.0. The van der Waals surface area contributed by atoms with Crippen molar-refractivity contribution in [2.75, 3.05) is 19.6 Å². The summed E-state index contributed by atoms with van der Waals surface area (Å²) < 4.78 is 0. The first-order valence-electron chi connectivity index (χ1n) is 7.20. The van der Waals surface area contributed by atoms with Crippen molar-refractivity contribution in [2.45, 2.75) is 53.9 Å². The number of hydrogen-bond acceptors (Lipinski definition) is 2. The summed E-state index contributed by atoms with van der Waals surface area (Å²) in [4.78, 5) is 12.0. The highest BCUT2D eigenvalue weighted by molar-refractivity contribution is 5.76. The second kappa shape index (κ2) is 6.05. The average molecular weight is 254 g/mol. The van der Waals surface area contributed by atoms with Crippen LogP contribution in [0.15, 0.2) is 0 Å². The molecule has 106 valence electrons. The first-order valence-corrected chi connectivity index (χ1v) is 7.20. The second-order valence-corrected chi connectivity index (χ2v) is 7.31. The van der Waals surface area contributed by atoms with Gasteiger partial charge in [0.05, 0.1) is 0 Å². The monoisotopic (exact) mass is 254 g/mol. The van der Waals surface area contributed by atoms with Crippen LogP contribution in [0.4, 0.5) is 0 Å². The van der Waals surface area contributed by atoms with Crippen molar-refractivity contribution in [3.8, 4) is 0 Å². The van der Waals surface area contributed by atoms with Crippen LogP contribution in [0, 0.1) is 16.7 Å². The zero-order valence-electron chi connectivity index (χ0n) is 12.7. The molecular formula is C15H30N2O. The molecule has 1 heterocycles. The summed E-state index contributed by atoms with van der Waals surface area (Å²) in [5.74, 6) is 0.621. The fourth-order valence-corrected chi connectivity index (χ4v) is 2.18. The zero-order chi connectivity index (χ0) is 13.8. The molecule has 3 nitrogen and oxygen atoms in total. The summed E-state index contributed by atoms with van der Waals surface area (Å²) in [7, 11) is 0. The van der Waals surface area contributed by atoms with Crippen molar-refractivity contribution in [1.82, 2.24) is 10.6 Å². The molecule has 1 atom stereocenters. The third-order valence-corrected chi connectivity index (χ3v) is 4.49. The van der Waals surface area contributed by atoms with Crippen LogP contribution in [-0.2, 0) is 4.79 Å². The first-order chi connectivity index (χ1) is 8.23. The Morgan fingerprint density at radius 1 is 1.33 bits per heavy atom. The highest BCUT2D eigenvalue weighted by Crippen LogP contribution is 2.29. The van der Waals surface area contributed by atoms with E-state index in [1.54, 1.807) is 0 Å². The fraction of sp³-hybridized carbons (Fsp3) is 0.933. The van der Waals surface area contributed by atoms with Gasteiger partial charge in [-0.15, -0.1) is 0 Å². The van der Waals surface area contributed by atoms with Gasteiger partial charge < -0.3 is 10.6 Å². The molecule has 2 N–H and O–H groups in total. The van der Waals surface area contributed by atoms with Crippen LogP contribution in [0.1, 0.15) is 53.9 Å². The lowest BCUT2D eigenvalue weighted by Gasteiger charge is -2.34. The molecule has 1 fully saturated rings. The van der Waals surface area contributed by atoms with Crippen LogP contribution >= 0.6 is 0 Å². The van der Waals surface area contributed by atoms with Gasteiger partial charge in [-0.3, -0.25) is 4.79 Å². The van der Waals surface area contributed by atoms with Gasteiger partial charge in [-0.05, 0) is 42.7 Å². The Morgan fingerprint density at radius 2 is 1.89 bits per heavy atom. The van der Waals surface area contributed by atoms with Crippen LogP contribution in [0.5, 0.6) is 0 Å². The van der Waals surface area contributed by atoms with E-state index in [1.807, 2.05) is 0 Å². The molecule has 0 aromatic rings. The fourth-order valence-electron chi connectivity index (χ4n) is 2.18. The predicted octanol–water partition coefficient (Wildman–Crippen LogP) is 2.56. The predicted molar refractivity (Wildman–Crippen MR) is 76.5 cm³/mol. The Kier molecular flexibility index (Phi) is 5.20. The third-order valence-electron chi connectivity index (χ3n) is 4.49. The third kappa shape index (κ3) is 4.97. The number of piperidine rings is 1. The molecule has 1 unspecified atom stereocenters. The average Bonchev–Trinajstić information content (AvgIpc) is 2.26. The molecule has 0 aromatic carbocycles. The van der Waals surface area contributed by atoms with Crippen LogP contribution < -0.4 is 10.6 Å². The summed E-state index contributed by atoms with van der Waals surface area (Å²) in [5.41, 5.74) is 0.488. The van der Waals surface area contributed by atoms with E-state index in [4.69, 9.17) is 0 Å². The molecule has 0 saturated carbocycles. The molecule has 0 radical (unpaired) electrons.